The van der Waals surface area contributed by atoms with Crippen LogP contribution in [0.15, 0.2) is 0 Å². The molecule has 0 spiro atoms. The van der Waals surface area contributed by atoms with Crippen LogP contribution in [0.3, 0.4) is 0 Å². The number of carbonyl (C=O) groups is 1. The van der Waals surface area contributed by atoms with Crippen LogP contribution in [-0.2, 0) is 18.4 Å². The summed E-state index contributed by atoms with van der Waals surface area (Å²) in [6.45, 7) is 1.98. The van der Waals surface area contributed by atoms with E-state index in [1.165, 1.54) is 0 Å². The van der Waals surface area contributed by atoms with Gasteiger partial charge in [0.05, 0.1) is 0 Å². The highest BCUT2D eigenvalue weighted by atomic mass is 31.1. The van der Waals surface area contributed by atoms with Gasteiger partial charge in [0.2, 0.25) is 0 Å². The van der Waals surface area contributed by atoms with Gasteiger partial charge in [-0.1, -0.05) is 26.2 Å². The molecule has 0 rings (SSSR count). The first-order valence-electron chi connectivity index (χ1n) is 4.12. The van der Waals surface area contributed by atoms with Crippen LogP contribution in [-0.4, -0.2) is 17.2 Å². The van der Waals surface area contributed by atoms with Crippen molar-refractivity contribution in [1.29, 1.82) is 0 Å². The van der Waals surface area contributed by atoms with Crippen LogP contribution < -0.4 is 0 Å². The largest absolute Gasteiger partial charge is 0.479 e. The van der Waals surface area contributed by atoms with Crippen molar-refractivity contribution >= 4 is 13.9 Å². The van der Waals surface area contributed by atoms with E-state index in [4.69, 9.17) is 5.11 Å². The van der Waals surface area contributed by atoms with Gasteiger partial charge in [-0.2, -0.15) is 0 Å². The molecule has 0 amide bonds. The molecule has 1 unspecified atom stereocenters. The molecule has 6 heteroatoms. The molecule has 5 nitrogen and oxygen atoms in total. The minimum absolute atomic E-state index is 0.243. The van der Waals surface area contributed by atoms with Gasteiger partial charge in [-0.05, 0) is 6.42 Å². The molecule has 0 bridgehead atoms. The second kappa shape index (κ2) is 6.80. The predicted octanol–water partition coefficient (Wildman–Crippen LogP) is 2.12. The number of unbranched alkanes of at least 4 members (excludes halogenated alkanes) is 2. The fourth-order valence-corrected chi connectivity index (χ4v) is 1.31. The lowest BCUT2D eigenvalue weighted by atomic mass is 10.1. The van der Waals surface area contributed by atoms with E-state index in [1.54, 1.807) is 0 Å². The average Bonchev–Trinajstić information content (AvgIpc) is 2.02. The highest BCUT2D eigenvalue weighted by Gasteiger charge is 2.19. The van der Waals surface area contributed by atoms with Crippen LogP contribution in [0, 0.1) is 0 Å². The first-order valence-corrected chi connectivity index (χ1v) is 5.21. The van der Waals surface area contributed by atoms with Crippen molar-refractivity contribution in [2.45, 2.75) is 38.7 Å². The van der Waals surface area contributed by atoms with Crippen LogP contribution >= 0.6 is 7.91 Å². The molecule has 1 N–H and O–H groups in total. The van der Waals surface area contributed by atoms with Crippen molar-refractivity contribution in [2.75, 3.05) is 0 Å². The molecule has 0 aliphatic carbocycles. The van der Waals surface area contributed by atoms with Crippen LogP contribution in [0.5, 0.6) is 0 Å². The van der Waals surface area contributed by atoms with Crippen LogP contribution in [0.25, 0.3) is 0 Å². The van der Waals surface area contributed by atoms with Gasteiger partial charge in [-0.3, -0.25) is 4.52 Å². The Balaban J connectivity index is 3.88. The molecular weight excluding hydrogens is 195 g/mol. The second-order valence-electron chi connectivity index (χ2n) is 2.65. The summed E-state index contributed by atoms with van der Waals surface area (Å²) < 4.78 is 24.4. The zero-order chi connectivity index (χ0) is 10.3. The summed E-state index contributed by atoms with van der Waals surface area (Å²) in [6, 6.07) is 0. The molecule has 13 heavy (non-hydrogen) atoms. The molecule has 76 valence electrons. The van der Waals surface area contributed by atoms with E-state index >= 15 is 0 Å². The molecule has 0 aromatic rings. The topological polar surface area (TPSA) is 80.7 Å². The third-order valence-electron chi connectivity index (χ3n) is 1.56. The van der Waals surface area contributed by atoms with Gasteiger partial charge in [-0.25, -0.2) is 13.9 Å². The first kappa shape index (κ1) is 12.3. The van der Waals surface area contributed by atoms with Gasteiger partial charge in [0.1, 0.15) is 0 Å². The molecule has 0 aromatic carbocycles. The second-order valence-corrected chi connectivity index (χ2v) is 3.31. The maximum atomic E-state index is 10.4. The van der Waals surface area contributed by atoms with Gasteiger partial charge >= 0.3 is 13.9 Å². The lowest BCUT2D eigenvalue weighted by Crippen LogP contribution is -2.20. The van der Waals surface area contributed by atoms with E-state index in [0.717, 1.165) is 12.8 Å². The van der Waals surface area contributed by atoms with Gasteiger partial charge < -0.3 is 5.11 Å². The zero-order valence-electron chi connectivity index (χ0n) is 7.43. The Hall–Kier alpha value is -0.670. The Labute approximate surface area is 77.0 Å². The number of rotatable bonds is 7. The van der Waals surface area contributed by atoms with E-state index < -0.39 is 20.0 Å². The van der Waals surface area contributed by atoms with Crippen molar-refractivity contribution in [3.05, 3.63) is 0 Å². The molecule has 0 aliphatic heterocycles. The summed E-state index contributed by atoms with van der Waals surface area (Å²) >= 11 is 0. The smallest absolute Gasteiger partial charge is 0.468 e. The quantitative estimate of drug-likeness (QED) is 0.512. The molecule has 0 radical (unpaired) electrons. The molecular formula is C7H13O5P. The Morgan fingerprint density at radius 2 is 2.08 bits per heavy atom. The molecule has 0 heterocycles. The molecule has 0 fully saturated rings. The number of carboxylic acids is 1. The van der Waals surface area contributed by atoms with E-state index in [9.17, 15) is 13.9 Å². The minimum atomic E-state index is -3.07. The van der Waals surface area contributed by atoms with E-state index in [1.807, 2.05) is 6.92 Å². The molecule has 0 aliphatic rings. The SMILES string of the molecule is CCCCCC(OP(=O)=O)C(=O)O. The summed E-state index contributed by atoms with van der Waals surface area (Å²) in [7, 11) is -3.07. The summed E-state index contributed by atoms with van der Waals surface area (Å²) in [4.78, 5) is 10.4. The maximum Gasteiger partial charge on any atom is 0.468 e. The van der Waals surface area contributed by atoms with Gasteiger partial charge in [0.15, 0.2) is 6.10 Å². The van der Waals surface area contributed by atoms with Crippen molar-refractivity contribution in [3.8, 4) is 0 Å². The third-order valence-corrected chi connectivity index (χ3v) is 1.99. The average molecular weight is 208 g/mol. The number of hydrogen-bond acceptors (Lipinski definition) is 4. The molecule has 1 atom stereocenters. The fourth-order valence-electron chi connectivity index (χ4n) is 0.905. The summed E-state index contributed by atoms with van der Waals surface area (Å²) in [6.07, 6.45) is 1.52. The van der Waals surface area contributed by atoms with Gasteiger partial charge in [0, 0.05) is 0 Å². The standard InChI is InChI=1S/C7H13O5P/c1-2-3-4-5-6(7(8)9)12-13(10)11/h6H,2-5H2,1H3,(H,8,9). The fraction of sp³-hybridized carbons (Fsp3) is 0.857. The number of carboxylic acid groups (broad SMARTS) is 1. The predicted molar refractivity (Wildman–Crippen MR) is 44.9 cm³/mol. The van der Waals surface area contributed by atoms with Crippen LogP contribution in [0.4, 0.5) is 0 Å². The number of hydrogen-bond donors (Lipinski definition) is 1. The monoisotopic (exact) mass is 208 g/mol. The number of aliphatic carboxylic acids is 1. The zero-order valence-corrected chi connectivity index (χ0v) is 8.33. The lowest BCUT2D eigenvalue weighted by Gasteiger charge is -2.06. The van der Waals surface area contributed by atoms with E-state index in [0.29, 0.717) is 6.42 Å². The van der Waals surface area contributed by atoms with E-state index in [2.05, 4.69) is 4.52 Å². The highest BCUT2D eigenvalue weighted by Crippen LogP contribution is 2.15. The Morgan fingerprint density at radius 1 is 1.46 bits per heavy atom. The van der Waals surface area contributed by atoms with Gasteiger partial charge in [0.25, 0.3) is 0 Å². The minimum Gasteiger partial charge on any atom is -0.479 e. The van der Waals surface area contributed by atoms with Crippen molar-refractivity contribution in [3.63, 3.8) is 0 Å². The Kier molecular flexibility index (Phi) is 6.45. The van der Waals surface area contributed by atoms with Gasteiger partial charge in [-0.15, -0.1) is 0 Å². The highest BCUT2D eigenvalue weighted by molar-refractivity contribution is 7.24. The van der Waals surface area contributed by atoms with Crippen molar-refractivity contribution in [2.24, 2.45) is 0 Å². The summed E-state index contributed by atoms with van der Waals surface area (Å²) in [5, 5.41) is 8.53. The maximum absolute atomic E-state index is 10.4. The van der Waals surface area contributed by atoms with Crippen molar-refractivity contribution < 1.29 is 23.6 Å². The van der Waals surface area contributed by atoms with Crippen LogP contribution in [0.2, 0.25) is 0 Å². The Morgan fingerprint density at radius 3 is 2.46 bits per heavy atom. The lowest BCUT2D eigenvalue weighted by molar-refractivity contribution is -0.145. The summed E-state index contributed by atoms with van der Waals surface area (Å²) in [5.41, 5.74) is 0. The molecule has 0 saturated heterocycles. The van der Waals surface area contributed by atoms with Crippen LogP contribution in [0.1, 0.15) is 32.6 Å². The Bertz CT molecular complexity index is 215. The normalized spacial score (nSPS) is 12.4. The van der Waals surface area contributed by atoms with Crippen molar-refractivity contribution in [1.82, 2.24) is 0 Å². The van der Waals surface area contributed by atoms with E-state index in [-0.39, 0.29) is 6.42 Å². The molecule has 0 aromatic heterocycles. The summed E-state index contributed by atoms with van der Waals surface area (Å²) in [5.74, 6) is -1.23. The third kappa shape index (κ3) is 6.49. The molecule has 0 saturated carbocycles. The first-order chi connectivity index (χ1) is 6.07.